The van der Waals surface area contributed by atoms with Crippen molar-refractivity contribution in [2.24, 2.45) is 5.92 Å². The molecule has 2 N–H and O–H groups in total. The molecule has 0 aliphatic carbocycles. The minimum Gasteiger partial charge on any atom is -0.326 e. The van der Waals surface area contributed by atoms with Gasteiger partial charge in [-0.15, -0.1) is 0 Å². The molecule has 2 unspecified atom stereocenters. The second-order valence-corrected chi connectivity index (χ2v) is 4.79. The molecule has 1 amide bonds. The second kappa shape index (κ2) is 4.88. The van der Waals surface area contributed by atoms with Gasteiger partial charge in [0.05, 0.1) is 6.42 Å². The first-order chi connectivity index (χ1) is 8.15. The Morgan fingerprint density at radius 1 is 1.47 bits per heavy atom. The fraction of sp³-hybridized carbons (Fsp3) is 0.500. The van der Waals surface area contributed by atoms with Crippen LogP contribution in [0.25, 0.3) is 0 Å². The van der Waals surface area contributed by atoms with Gasteiger partial charge in [-0.05, 0) is 30.2 Å². The Balaban J connectivity index is 2.28. The summed E-state index contributed by atoms with van der Waals surface area (Å²) in [4.78, 5) is 11.3. The summed E-state index contributed by atoms with van der Waals surface area (Å²) in [5, 5.41) is 6.23. The first-order valence-electron chi connectivity index (χ1n) is 6.25. The van der Waals surface area contributed by atoms with Crippen LogP contribution in [0.3, 0.4) is 0 Å². The third-order valence-corrected chi connectivity index (χ3v) is 3.64. The molecule has 0 radical (unpaired) electrons. The summed E-state index contributed by atoms with van der Waals surface area (Å²) >= 11 is 0. The van der Waals surface area contributed by atoms with E-state index in [0.29, 0.717) is 18.4 Å². The van der Waals surface area contributed by atoms with E-state index in [1.54, 1.807) is 0 Å². The maximum atomic E-state index is 11.3. The largest absolute Gasteiger partial charge is 0.326 e. The van der Waals surface area contributed by atoms with Gasteiger partial charge in [0.1, 0.15) is 0 Å². The lowest BCUT2D eigenvalue weighted by Crippen LogP contribution is -2.23. The fourth-order valence-corrected chi connectivity index (χ4v) is 2.46. The zero-order chi connectivity index (χ0) is 12.4. The number of hydrogen-bond acceptors (Lipinski definition) is 2. The molecule has 1 heterocycles. The van der Waals surface area contributed by atoms with Gasteiger partial charge in [-0.3, -0.25) is 4.79 Å². The van der Waals surface area contributed by atoms with Gasteiger partial charge in [0.15, 0.2) is 0 Å². The smallest absolute Gasteiger partial charge is 0.228 e. The van der Waals surface area contributed by atoms with Crippen LogP contribution in [0.2, 0.25) is 0 Å². The average Bonchev–Trinajstić information content (AvgIpc) is 2.69. The van der Waals surface area contributed by atoms with Crippen LogP contribution in [0.4, 0.5) is 5.69 Å². The van der Waals surface area contributed by atoms with Crippen molar-refractivity contribution in [2.45, 2.75) is 32.7 Å². The molecule has 0 aromatic heterocycles. The molecule has 2 rings (SSSR count). The number of rotatable bonds is 4. The number of carbonyl (C=O) groups excluding carboxylic acids is 1. The van der Waals surface area contributed by atoms with Gasteiger partial charge in [-0.25, -0.2) is 0 Å². The summed E-state index contributed by atoms with van der Waals surface area (Å²) in [7, 11) is 1.99. The van der Waals surface area contributed by atoms with Gasteiger partial charge in [0, 0.05) is 11.7 Å². The van der Waals surface area contributed by atoms with E-state index in [1.165, 1.54) is 5.56 Å². The first kappa shape index (κ1) is 12.1. The Labute approximate surface area is 103 Å². The molecule has 1 aliphatic rings. The SMILES string of the molecule is CCC(C)C(NC)c1ccc2c(c1)CC(=O)N2. The second-order valence-electron chi connectivity index (χ2n) is 4.79. The molecule has 3 nitrogen and oxygen atoms in total. The maximum absolute atomic E-state index is 11.3. The van der Waals surface area contributed by atoms with Crippen LogP contribution in [0, 0.1) is 5.92 Å². The molecule has 0 bridgehead atoms. The molecular weight excluding hydrogens is 212 g/mol. The van der Waals surface area contributed by atoms with Crippen molar-refractivity contribution in [3.63, 3.8) is 0 Å². The summed E-state index contributed by atoms with van der Waals surface area (Å²) in [5.74, 6) is 0.685. The van der Waals surface area contributed by atoms with Crippen LogP contribution in [0.5, 0.6) is 0 Å². The summed E-state index contributed by atoms with van der Waals surface area (Å²) in [6, 6.07) is 6.64. The number of carbonyl (C=O) groups is 1. The summed E-state index contributed by atoms with van der Waals surface area (Å²) < 4.78 is 0. The monoisotopic (exact) mass is 232 g/mol. The highest BCUT2D eigenvalue weighted by molar-refractivity contribution is 5.99. The van der Waals surface area contributed by atoms with E-state index in [2.05, 4.69) is 36.6 Å². The quantitative estimate of drug-likeness (QED) is 0.837. The van der Waals surface area contributed by atoms with E-state index in [9.17, 15) is 4.79 Å². The number of benzene rings is 1. The highest BCUT2D eigenvalue weighted by atomic mass is 16.1. The van der Waals surface area contributed by atoms with Gasteiger partial charge in [0.25, 0.3) is 0 Å². The van der Waals surface area contributed by atoms with E-state index in [4.69, 9.17) is 0 Å². The van der Waals surface area contributed by atoms with E-state index >= 15 is 0 Å². The minimum atomic E-state index is 0.0988. The van der Waals surface area contributed by atoms with Gasteiger partial charge >= 0.3 is 0 Å². The molecule has 0 spiro atoms. The summed E-state index contributed by atoms with van der Waals surface area (Å²) in [5.41, 5.74) is 3.37. The van der Waals surface area contributed by atoms with Crippen LogP contribution in [0.15, 0.2) is 18.2 Å². The highest BCUT2D eigenvalue weighted by Crippen LogP contribution is 2.30. The highest BCUT2D eigenvalue weighted by Gasteiger charge is 2.21. The predicted molar refractivity (Wildman–Crippen MR) is 70.0 cm³/mol. The Morgan fingerprint density at radius 2 is 2.24 bits per heavy atom. The molecular formula is C14H20N2O. The Hall–Kier alpha value is -1.35. The van der Waals surface area contributed by atoms with Crippen molar-refractivity contribution >= 4 is 11.6 Å². The fourth-order valence-electron chi connectivity index (χ4n) is 2.46. The van der Waals surface area contributed by atoms with Crippen molar-refractivity contribution in [1.82, 2.24) is 5.32 Å². The minimum absolute atomic E-state index is 0.0988. The molecule has 1 aromatic rings. The number of hydrogen-bond donors (Lipinski definition) is 2. The van der Waals surface area contributed by atoms with E-state index in [1.807, 2.05) is 13.1 Å². The zero-order valence-electron chi connectivity index (χ0n) is 10.7. The van der Waals surface area contributed by atoms with Crippen LogP contribution >= 0.6 is 0 Å². The number of amides is 1. The molecule has 0 saturated heterocycles. The number of nitrogens with one attached hydrogen (secondary N) is 2. The van der Waals surface area contributed by atoms with Crippen molar-refractivity contribution < 1.29 is 4.79 Å². The Morgan fingerprint density at radius 3 is 2.88 bits per heavy atom. The van der Waals surface area contributed by atoms with Crippen LogP contribution in [0.1, 0.15) is 37.4 Å². The third-order valence-electron chi connectivity index (χ3n) is 3.64. The molecule has 0 fully saturated rings. The Kier molecular flexibility index (Phi) is 3.48. The zero-order valence-corrected chi connectivity index (χ0v) is 10.7. The average molecular weight is 232 g/mol. The molecule has 92 valence electrons. The topological polar surface area (TPSA) is 41.1 Å². The molecule has 17 heavy (non-hydrogen) atoms. The van der Waals surface area contributed by atoms with Crippen molar-refractivity contribution in [1.29, 1.82) is 0 Å². The van der Waals surface area contributed by atoms with E-state index in [-0.39, 0.29) is 5.91 Å². The van der Waals surface area contributed by atoms with Crippen molar-refractivity contribution in [3.8, 4) is 0 Å². The lowest BCUT2D eigenvalue weighted by molar-refractivity contribution is -0.115. The lowest BCUT2D eigenvalue weighted by Gasteiger charge is -2.23. The maximum Gasteiger partial charge on any atom is 0.228 e. The summed E-state index contributed by atoms with van der Waals surface area (Å²) in [6.45, 7) is 4.45. The molecule has 3 heteroatoms. The van der Waals surface area contributed by atoms with Crippen LogP contribution < -0.4 is 10.6 Å². The number of fused-ring (bicyclic) bond motifs is 1. The summed E-state index contributed by atoms with van der Waals surface area (Å²) in [6.07, 6.45) is 1.65. The lowest BCUT2D eigenvalue weighted by atomic mass is 9.91. The van der Waals surface area contributed by atoms with Gasteiger partial charge in [0.2, 0.25) is 5.91 Å². The van der Waals surface area contributed by atoms with E-state index < -0.39 is 0 Å². The van der Waals surface area contributed by atoms with Crippen molar-refractivity contribution in [2.75, 3.05) is 12.4 Å². The first-order valence-corrected chi connectivity index (χ1v) is 6.25. The third kappa shape index (κ3) is 2.34. The standard InChI is InChI=1S/C14H20N2O/c1-4-9(2)14(15-3)10-5-6-12-11(7-10)8-13(17)16-12/h5-7,9,14-15H,4,8H2,1-3H3,(H,16,17). The van der Waals surface area contributed by atoms with Crippen LogP contribution in [-0.2, 0) is 11.2 Å². The van der Waals surface area contributed by atoms with Crippen LogP contribution in [-0.4, -0.2) is 13.0 Å². The Bertz CT molecular complexity index is 428. The molecule has 1 aromatic carbocycles. The molecule has 2 atom stereocenters. The van der Waals surface area contributed by atoms with E-state index in [0.717, 1.165) is 17.7 Å². The number of anilines is 1. The normalized spacial score (nSPS) is 17.5. The van der Waals surface area contributed by atoms with Crippen molar-refractivity contribution in [3.05, 3.63) is 29.3 Å². The molecule has 1 aliphatic heterocycles. The van der Waals surface area contributed by atoms with Gasteiger partial charge < -0.3 is 10.6 Å². The molecule has 0 saturated carbocycles. The van der Waals surface area contributed by atoms with Gasteiger partial charge in [-0.1, -0.05) is 32.4 Å². The van der Waals surface area contributed by atoms with Gasteiger partial charge in [-0.2, -0.15) is 0 Å². The predicted octanol–water partition coefficient (Wildman–Crippen LogP) is 2.49.